The molecule has 192 valence electrons. The number of nitrogens with zero attached hydrogens (tertiary/aromatic N) is 1. The minimum Gasteiger partial charge on any atom is -0.488 e. The summed E-state index contributed by atoms with van der Waals surface area (Å²) in [6, 6.07) is 15.4. The fourth-order valence-electron chi connectivity index (χ4n) is 4.07. The van der Waals surface area contributed by atoms with Crippen LogP contribution in [0.15, 0.2) is 75.4 Å². The number of sulfonamides is 1. The van der Waals surface area contributed by atoms with Gasteiger partial charge in [-0.1, -0.05) is 30.0 Å². The van der Waals surface area contributed by atoms with Crippen LogP contribution < -0.4 is 9.46 Å². The molecule has 0 unspecified atom stereocenters. The Morgan fingerprint density at radius 1 is 1.03 bits per heavy atom. The van der Waals surface area contributed by atoms with Crippen molar-refractivity contribution in [3.8, 4) is 5.75 Å². The van der Waals surface area contributed by atoms with Gasteiger partial charge in [-0.25, -0.2) is 8.42 Å². The Labute approximate surface area is 213 Å². The first-order chi connectivity index (χ1) is 16.9. The first-order valence-corrected chi connectivity index (χ1v) is 13.7. The fraction of sp³-hybridized carbons (Fsp3) is 0.308. The Morgan fingerprint density at radius 2 is 1.69 bits per heavy atom. The van der Waals surface area contributed by atoms with Crippen molar-refractivity contribution in [2.45, 2.75) is 47.2 Å². The predicted molar refractivity (Wildman–Crippen MR) is 135 cm³/mol. The van der Waals surface area contributed by atoms with Gasteiger partial charge in [-0.05, 0) is 74.8 Å². The number of aryl methyl sites for hydroxylation is 2. The van der Waals surface area contributed by atoms with Crippen LogP contribution in [0.1, 0.15) is 23.1 Å². The third-order valence-electron chi connectivity index (χ3n) is 5.94. The average Bonchev–Trinajstić information content (AvgIpc) is 3.20. The van der Waals surface area contributed by atoms with Gasteiger partial charge in [0.2, 0.25) is 0 Å². The van der Waals surface area contributed by atoms with Crippen molar-refractivity contribution in [2.24, 2.45) is 0 Å². The number of hydrogen-bond acceptors (Lipinski definition) is 5. The SMILES string of the molecule is Cc1cccc(C)c1Sc1ccc(S(=O)(=O)Nc2ccc(C(F)(F)F)c(O[C@@H]3CCN(C)C3)c2)cc1. The highest BCUT2D eigenvalue weighted by atomic mass is 32.2. The number of hydrogen-bond donors (Lipinski definition) is 1. The van der Waals surface area contributed by atoms with E-state index in [0.717, 1.165) is 45.7 Å². The molecule has 1 N–H and O–H groups in total. The molecule has 0 radical (unpaired) electrons. The molecule has 4 rings (SSSR count). The molecular formula is C26H27F3N2O3S2. The number of anilines is 1. The van der Waals surface area contributed by atoms with Crippen LogP contribution in [-0.4, -0.2) is 39.6 Å². The van der Waals surface area contributed by atoms with Gasteiger partial charge in [0.05, 0.1) is 16.1 Å². The zero-order chi connectivity index (χ0) is 26.1. The standard InChI is InChI=1S/C26H27F3N2O3S2/c1-17-5-4-6-18(2)25(17)35-21-8-10-22(11-9-21)36(32,33)30-19-7-12-23(26(27,28)29)24(15-19)34-20-13-14-31(3)16-20/h4-12,15,20,30H,13-14,16H2,1-3H3/t20-/m1/s1. The largest absolute Gasteiger partial charge is 0.488 e. The first-order valence-electron chi connectivity index (χ1n) is 11.4. The van der Waals surface area contributed by atoms with Crippen LogP contribution in [0.2, 0.25) is 0 Å². The highest BCUT2D eigenvalue weighted by molar-refractivity contribution is 7.99. The Morgan fingerprint density at radius 3 is 2.28 bits per heavy atom. The van der Waals surface area contributed by atoms with E-state index in [1.807, 2.05) is 44.0 Å². The van der Waals surface area contributed by atoms with E-state index in [-0.39, 0.29) is 16.3 Å². The summed E-state index contributed by atoms with van der Waals surface area (Å²) in [5.74, 6) is -0.386. The molecule has 5 nitrogen and oxygen atoms in total. The second-order valence-electron chi connectivity index (χ2n) is 8.90. The van der Waals surface area contributed by atoms with E-state index >= 15 is 0 Å². The highest BCUT2D eigenvalue weighted by Gasteiger charge is 2.36. The monoisotopic (exact) mass is 536 g/mol. The molecular weight excluding hydrogens is 509 g/mol. The van der Waals surface area contributed by atoms with Crippen LogP contribution in [0.5, 0.6) is 5.75 Å². The summed E-state index contributed by atoms with van der Waals surface area (Å²) in [5.41, 5.74) is 1.32. The lowest BCUT2D eigenvalue weighted by Crippen LogP contribution is -2.23. The summed E-state index contributed by atoms with van der Waals surface area (Å²) in [7, 11) is -2.16. The molecule has 3 aromatic carbocycles. The van der Waals surface area contributed by atoms with Crippen molar-refractivity contribution in [3.63, 3.8) is 0 Å². The second kappa shape index (κ2) is 10.4. The Bertz CT molecular complexity index is 1320. The van der Waals surface area contributed by atoms with Crippen LogP contribution >= 0.6 is 11.8 Å². The normalized spacial score (nSPS) is 16.8. The van der Waals surface area contributed by atoms with Crippen LogP contribution in [-0.2, 0) is 16.2 Å². The number of rotatable bonds is 7. The number of nitrogens with one attached hydrogen (secondary N) is 1. The average molecular weight is 537 g/mol. The molecule has 0 spiro atoms. The van der Waals surface area contributed by atoms with E-state index in [2.05, 4.69) is 4.72 Å². The van der Waals surface area contributed by atoms with Gasteiger partial charge in [0.15, 0.2) is 0 Å². The van der Waals surface area contributed by atoms with E-state index in [1.165, 1.54) is 12.1 Å². The third-order valence-corrected chi connectivity index (χ3v) is 8.70. The summed E-state index contributed by atoms with van der Waals surface area (Å²) < 4.78 is 74.6. The molecule has 10 heteroatoms. The summed E-state index contributed by atoms with van der Waals surface area (Å²) >= 11 is 1.54. The van der Waals surface area contributed by atoms with Crippen LogP contribution in [0.3, 0.4) is 0 Å². The molecule has 1 fully saturated rings. The van der Waals surface area contributed by atoms with E-state index < -0.39 is 27.9 Å². The van der Waals surface area contributed by atoms with Crippen molar-refractivity contribution in [3.05, 3.63) is 77.4 Å². The van der Waals surface area contributed by atoms with Gasteiger partial charge in [-0.15, -0.1) is 0 Å². The Kier molecular flexibility index (Phi) is 7.59. The molecule has 0 aromatic heterocycles. The van der Waals surface area contributed by atoms with E-state index in [1.54, 1.807) is 23.9 Å². The summed E-state index contributed by atoms with van der Waals surface area (Å²) in [6.07, 6.45) is -4.43. The van der Waals surface area contributed by atoms with Gasteiger partial charge in [0.1, 0.15) is 11.9 Å². The van der Waals surface area contributed by atoms with Crippen molar-refractivity contribution in [1.29, 1.82) is 0 Å². The molecule has 36 heavy (non-hydrogen) atoms. The molecule has 1 atom stereocenters. The molecule has 1 heterocycles. The van der Waals surface area contributed by atoms with Crippen molar-refractivity contribution in [2.75, 3.05) is 24.9 Å². The topological polar surface area (TPSA) is 58.6 Å². The molecule has 0 saturated carbocycles. The number of likely N-dealkylation sites (tertiary alicyclic amines) is 1. The lowest BCUT2D eigenvalue weighted by atomic mass is 10.1. The quantitative estimate of drug-likeness (QED) is 0.381. The van der Waals surface area contributed by atoms with Crippen molar-refractivity contribution < 1.29 is 26.3 Å². The Balaban J connectivity index is 1.54. The number of benzene rings is 3. The van der Waals surface area contributed by atoms with Gasteiger partial charge < -0.3 is 9.64 Å². The predicted octanol–water partition coefficient (Wildman–Crippen LogP) is 6.36. The zero-order valence-electron chi connectivity index (χ0n) is 20.1. The maximum Gasteiger partial charge on any atom is 0.419 e. The minimum absolute atomic E-state index is 0.00154. The maximum absolute atomic E-state index is 13.5. The second-order valence-corrected chi connectivity index (χ2v) is 11.7. The summed E-state index contributed by atoms with van der Waals surface area (Å²) in [4.78, 5) is 3.95. The third kappa shape index (κ3) is 6.16. The number of halogens is 3. The molecule has 3 aromatic rings. The smallest absolute Gasteiger partial charge is 0.419 e. The number of alkyl halides is 3. The van der Waals surface area contributed by atoms with Gasteiger partial charge in [-0.2, -0.15) is 13.2 Å². The fourth-order valence-corrected chi connectivity index (χ4v) is 6.08. The summed E-state index contributed by atoms with van der Waals surface area (Å²) in [6.45, 7) is 5.26. The molecule has 1 aliphatic heterocycles. The van der Waals surface area contributed by atoms with Crippen molar-refractivity contribution in [1.82, 2.24) is 4.90 Å². The first kappa shape index (κ1) is 26.4. The van der Waals surface area contributed by atoms with E-state index in [4.69, 9.17) is 4.74 Å². The van der Waals surface area contributed by atoms with Gasteiger partial charge >= 0.3 is 6.18 Å². The zero-order valence-corrected chi connectivity index (χ0v) is 21.7. The van der Waals surface area contributed by atoms with Crippen molar-refractivity contribution >= 4 is 27.5 Å². The lowest BCUT2D eigenvalue weighted by Gasteiger charge is -2.19. The lowest BCUT2D eigenvalue weighted by molar-refractivity contribution is -0.139. The molecule has 1 saturated heterocycles. The Hall–Kier alpha value is -2.69. The van der Waals surface area contributed by atoms with E-state index in [0.29, 0.717) is 13.0 Å². The number of likely N-dealkylation sites (N-methyl/N-ethyl adjacent to an activating group) is 1. The van der Waals surface area contributed by atoms with Gasteiger partial charge in [-0.3, -0.25) is 4.72 Å². The van der Waals surface area contributed by atoms with Gasteiger partial charge in [0, 0.05) is 28.9 Å². The van der Waals surface area contributed by atoms with Crippen LogP contribution in [0.4, 0.5) is 18.9 Å². The molecule has 0 bridgehead atoms. The van der Waals surface area contributed by atoms with Gasteiger partial charge in [0.25, 0.3) is 10.0 Å². The molecule has 0 aliphatic carbocycles. The highest BCUT2D eigenvalue weighted by Crippen LogP contribution is 2.39. The van der Waals surface area contributed by atoms with E-state index in [9.17, 15) is 21.6 Å². The van der Waals surface area contributed by atoms with Crippen LogP contribution in [0.25, 0.3) is 0 Å². The summed E-state index contributed by atoms with van der Waals surface area (Å²) in [5, 5.41) is 0. The minimum atomic E-state index is -4.62. The number of ether oxygens (including phenoxy) is 1. The molecule has 1 aliphatic rings. The van der Waals surface area contributed by atoms with Crippen LogP contribution in [0, 0.1) is 13.8 Å². The maximum atomic E-state index is 13.5. The molecule has 0 amide bonds.